The second-order valence-electron chi connectivity index (χ2n) is 5.85. The van der Waals surface area contributed by atoms with E-state index in [1.54, 1.807) is 11.3 Å². The second-order valence-corrected chi connectivity index (χ2v) is 7.80. The highest BCUT2D eigenvalue weighted by Crippen LogP contribution is 2.30. The zero-order chi connectivity index (χ0) is 18.6. The predicted molar refractivity (Wildman–Crippen MR) is 113 cm³/mol. The van der Waals surface area contributed by atoms with Gasteiger partial charge in [0.05, 0.1) is 10.2 Å². The van der Waals surface area contributed by atoms with E-state index in [4.69, 9.17) is 4.74 Å². The highest BCUT2D eigenvalue weighted by molar-refractivity contribution is 9.10. The Morgan fingerprint density at radius 3 is 2.48 bits per heavy atom. The van der Waals surface area contributed by atoms with Gasteiger partial charge in [0, 0.05) is 15.7 Å². The van der Waals surface area contributed by atoms with E-state index in [9.17, 15) is 4.79 Å². The van der Waals surface area contributed by atoms with E-state index in [-0.39, 0.29) is 12.5 Å². The largest absolute Gasteiger partial charge is 0.484 e. The normalized spacial score (nSPS) is 10.7. The number of hydrogen-bond donors (Lipinski definition) is 1. The van der Waals surface area contributed by atoms with Crippen LogP contribution in [-0.4, -0.2) is 17.5 Å². The van der Waals surface area contributed by atoms with Gasteiger partial charge in [-0.15, -0.1) is 11.3 Å². The Kier molecular flexibility index (Phi) is 5.18. The van der Waals surface area contributed by atoms with E-state index >= 15 is 0 Å². The van der Waals surface area contributed by atoms with Crippen LogP contribution < -0.4 is 10.1 Å². The molecule has 0 fully saturated rings. The van der Waals surface area contributed by atoms with Gasteiger partial charge >= 0.3 is 0 Å². The van der Waals surface area contributed by atoms with Crippen molar-refractivity contribution in [3.63, 3.8) is 0 Å². The summed E-state index contributed by atoms with van der Waals surface area (Å²) in [5.41, 5.74) is 2.75. The topological polar surface area (TPSA) is 51.2 Å². The summed E-state index contributed by atoms with van der Waals surface area (Å²) in [6.07, 6.45) is 0. The van der Waals surface area contributed by atoms with Crippen molar-refractivity contribution in [2.24, 2.45) is 0 Å². The van der Waals surface area contributed by atoms with Crippen molar-refractivity contribution in [1.82, 2.24) is 4.98 Å². The number of carbonyl (C=O) groups excluding carboxylic acids is 1. The predicted octanol–water partition coefficient (Wildman–Crippen LogP) is 5.74. The Labute approximate surface area is 169 Å². The van der Waals surface area contributed by atoms with Gasteiger partial charge in [-0.1, -0.05) is 28.1 Å². The molecule has 134 valence electrons. The smallest absolute Gasteiger partial charge is 0.262 e. The van der Waals surface area contributed by atoms with E-state index in [1.165, 1.54) is 0 Å². The molecule has 0 bridgehead atoms. The van der Waals surface area contributed by atoms with Gasteiger partial charge in [-0.2, -0.15) is 0 Å². The van der Waals surface area contributed by atoms with Gasteiger partial charge in [0.15, 0.2) is 6.61 Å². The Morgan fingerprint density at radius 1 is 1.00 bits per heavy atom. The number of amides is 1. The number of thiazole rings is 1. The number of aromatic nitrogens is 1. The van der Waals surface area contributed by atoms with E-state index in [0.717, 1.165) is 30.9 Å². The lowest BCUT2D eigenvalue weighted by molar-refractivity contribution is -0.118. The average Bonchev–Trinajstić information content (AvgIpc) is 3.12. The molecule has 1 heterocycles. The van der Waals surface area contributed by atoms with Gasteiger partial charge < -0.3 is 10.1 Å². The highest BCUT2D eigenvalue weighted by Gasteiger charge is 2.07. The number of benzene rings is 3. The van der Waals surface area contributed by atoms with Crippen molar-refractivity contribution in [2.75, 3.05) is 11.9 Å². The second kappa shape index (κ2) is 7.90. The molecule has 0 aliphatic rings. The first kappa shape index (κ1) is 17.7. The molecule has 0 aliphatic carbocycles. The molecule has 0 atom stereocenters. The molecule has 1 aromatic heterocycles. The molecule has 27 heavy (non-hydrogen) atoms. The minimum atomic E-state index is -0.203. The van der Waals surface area contributed by atoms with Crippen LogP contribution in [0.4, 0.5) is 5.69 Å². The van der Waals surface area contributed by atoms with Gasteiger partial charge in [-0.25, -0.2) is 4.98 Å². The summed E-state index contributed by atoms with van der Waals surface area (Å²) in [4.78, 5) is 16.7. The van der Waals surface area contributed by atoms with Crippen molar-refractivity contribution >= 4 is 49.1 Å². The molecule has 4 rings (SSSR count). The maximum atomic E-state index is 12.1. The Balaban J connectivity index is 1.38. The van der Waals surface area contributed by atoms with Crippen LogP contribution in [0.3, 0.4) is 0 Å². The molecule has 4 aromatic rings. The minimum Gasteiger partial charge on any atom is -0.484 e. The van der Waals surface area contributed by atoms with E-state index in [1.807, 2.05) is 66.7 Å². The van der Waals surface area contributed by atoms with Crippen molar-refractivity contribution in [3.8, 4) is 16.3 Å². The number of carbonyl (C=O) groups is 1. The molecule has 0 unspecified atom stereocenters. The van der Waals surface area contributed by atoms with Crippen LogP contribution in [0.15, 0.2) is 77.3 Å². The van der Waals surface area contributed by atoms with Gasteiger partial charge in [0.1, 0.15) is 10.8 Å². The number of halogens is 1. The fourth-order valence-corrected chi connectivity index (χ4v) is 3.80. The first-order valence-electron chi connectivity index (χ1n) is 8.32. The molecule has 0 saturated heterocycles. The number of fused-ring (bicyclic) bond motifs is 1. The van der Waals surface area contributed by atoms with E-state index in [2.05, 4.69) is 32.3 Å². The van der Waals surface area contributed by atoms with Crippen LogP contribution in [0.25, 0.3) is 20.8 Å². The minimum absolute atomic E-state index is 0.0404. The standard InChI is InChI=1S/C21H15BrN2O2S/c22-15-7-11-17(12-8-15)26-13-20(25)23-16-9-5-14(6-10-16)21-24-18-3-1-2-4-19(18)27-21/h1-12H,13H2,(H,23,25). The third kappa shape index (κ3) is 4.35. The molecule has 0 saturated carbocycles. The van der Waals surface area contributed by atoms with Crippen LogP contribution in [-0.2, 0) is 4.79 Å². The van der Waals surface area contributed by atoms with Crippen molar-refractivity contribution in [3.05, 3.63) is 77.3 Å². The summed E-state index contributed by atoms with van der Waals surface area (Å²) >= 11 is 5.02. The Morgan fingerprint density at radius 2 is 1.74 bits per heavy atom. The fraction of sp³-hybridized carbons (Fsp3) is 0.0476. The molecule has 1 amide bonds. The van der Waals surface area contributed by atoms with Gasteiger partial charge in [0.2, 0.25) is 0 Å². The third-order valence-corrected chi connectivity index (χ3v) is 5.51. The average molecular weight is 439 g/mol. The number of nitrogens with one attached hydrogen (secondary N) is 1. The van der Waals surface area contributed by atoms with Gasteiger partial charge in [0.25, 0.3) is 5.91 Å². The SMILES string of the molecule is O=C(COc1ccc(Br)cc1)Nc1ccc(-c2nc3ccccc3s2)cc1. The van der Waals surface area contributed by atoms with Crippen molar-refractivity contribution in [1.29, 1.82) is 0 Å². The summed E-state index contributed by atoms with van der Waals surface area (Å²) in [6, 6.07) is 23.1. The number of anilines is 1. The number of nitrogens with zero attached hydrogens (tertiary/aromatic N) is 1. The molecule has 6 heteroatoms. The summed E-state index contributed by atoms with van der Waals surface area (Å²) in [5, 5.41) is 3.80. The first-order valence-corrected chi connectivity index (χ1v) is 9.92. The van der Waals surface area contributed by atoms with Crippen molar-refractivity contribution in [2.45, 2.75) is 0 Å². The first-order chi connectivity index (χ1) is 13.2. The Hall–Kier alpha value is -2.70. The number of hydrogen-bond acceptors (Lipinski definition) is 4. The van der Waals surface area contributed by atoms with Crippen LogP contribution in [0.1, 0.15) is 0 Å². The monoisotopic (exact) mass is 438 g/mol. The van der Waals surface area contributed by atoms with Crippen molar-refractivity contribution < 1.29 is 9.53 Å². The zero-order valence-electron chi connectivity index (χ0n) is 14.2. The molecule has 3 aromatic carbocycles. The number of rotatable bonds is 5. The summed E-state index contributed by atoms with van der Waals surface area (Å²) in [5.74, 6) is 0.449. The maximum absolute atomic E-state index is 12.1. The summed E-state index contributed by atoms with van der Waals surface area (Å²) in [6.45, 7) is -0.0404. The maximum Gasteiger partial charge on any atom is 0.262 e. The zero-order valence-corrected chi connectivity index (χ0v) is 16.6. The highest BCUT2D eigenvalue weighted by atomic mass is 79.9. The molecule has 0 radical (unpaired) electrons. The molecule has 0 aliphatic heterocycles. The van der Waals surface area contributed by atoms with E-state index in [0.29, 0.717) is 5.75 Å². The van der Waals surface area contributed by atoms with Crippen LogP contribution in [0.2, 0.25) is 0 Å². The molecule has 1 N–H and O–H groups in total. The van der Waals surface area contributed by atoms with Crippen LogP contribution >= 0.6 is 27.3 Å². The quantitative estimate of drug-likeness (QED) is 0.431. The lowest BCUT2D eigenvalue weighted by Crippen LogP contribution is -2.20. The molecule has 0 spiro atoms. The van der Waals surface area contributed by atoms with Crippen LogP contribution in [0.5, 0.6) is 5.75 Å². The fourth-order valence-electron chi connectivity index (χ4n) is 2.57. The molecular formula is C21H15BrN2O2S. The Bertz CT molecular complexity index is 1040. The lowest BCUT2D eigenvalue weighted by atomic mass is 10.2. The van der Waals surface area contributed by atoms with Gasteiger partial charge in [-0.3, -0.25) is 4.79 Å². The third-order valence-electron chi connectivity index (χ3n) is 3.89. The summed E-state index contributed by atoms with van der Waals surface area (Å²) in [7, 11) is 0. The molecular weight excluding hydrogens is 424 g/mol. The number of para-hydroxylation sites is 1. The number of ether oxygens (including phenoxy) is 1. The van der Waals surface area contributed by atoms with E-state index < -0.39 is 0 Å². The van der Waals surface area contributed by atoms with Crippen LogP contribution in [0, 0.1) is 0 Å². The molecule has 4 nitrogen and oxygen atoms in total. The summed E-state index contributed by atoms with van der Waals surface area (Å²) < 4.78 is 7.61. The van der Waals surface area contributed by atoms with Gasteiger partial charge in [-0.05, 0) is 60.7 Å². The lowest BCUT2D eigenvalue weighted by Gasteiger charge is -2.08.